The van der Waals surface area contributed by atoms with Crippen molar-refractivity contribution in [2.45, 2.75) is 12.6 Å². The molecule has 0 saturated carbocycles. The first-order chi connectivity index (χ1) is 13.7. The number of benzene rings is 2. The van der Waals surface area contributed by atoms with Crippen LogP contribution in [0.3, 0.4) is 0 Å². The van der Waals surface area contributed by atoms with Crippen molar-refractivity contribution in [1.29, 1.82) is 0 Å². The SMILES string of the molecule is COC(=O)C1CCN(C(=O)Nc2ccc(-c3ccccc3C(F)(F)F)cc2F)C1. The van der Waals surface area contributed by atoms with Crippen LogP contribution in [0.1, 0.15) is 12.0 Å². The predicted molar refractivity (Wildman–Crippen MR) is 97.6 cm³/mol. The number of amides is 2. The number of carbonyl (C=O) groups excluding carboxylic acids is 2. The van der Waals surface area contributed by atoms with E-state index < -0.39 is 35.5 Å². The minimum atomic E-state index is -4.58. The number of urea groups is 1. The molecule has 1 atom stereocenters. The number of anilines is 1. The maximum atomic E-state index is 14.5. The van der Waals surface area contributed by atoms with Crippen molar-refractivity contribution in [3.05, 3.63) is 53.8 Å². The second-order valence-corrected chi connectivity index (χ2v) is 6.62. The molecule has 1 unspecified atom stereocenters. The highest BCUT2D eigenvalue weighted by molar-refractivity contribution is 5.90. The molecule has 2 aromatic carbocycles. The van der Waals surface area contributed by atoms with Crippen LogP contribution in [0, 0.1) is 11.7 Å². The monoisotopic (exact) mass is 410 g/mol. The number of hydrogen-bond acceptors (Lipinski definition) is 3. The third kappa shape index (κ3) is 4.49. The number of esters is 1. The zero-order valence-corrected chi connectivity index (χ0v) is 15.4. The standard InChI is InChI=1S/C20H18F4N2O3/c1-29-18(27)13-8-9-26(11-13)19(28)25-17-7-6-12(10-16(17)21)14-4-2-3-5-15(14)20(22,23)24/h2-7,10,13H,8-9,11H2,1H3,(H,25,28). The van der Waals surface area contributed by atoms with Crippen LogP contribution < -0.4 is 5.32 Å². The number of nitrogens with one attached hydrogen (secondary N) is 1. The van der Waals surface area contributed by atoms with Crippen LogP contribution in [0.5, 0.6) is 0 Å². The van der Waals surface area contributed by atoms with Gasteiger partial charge in [-0.2, -0.15) is 13.2 Å². The molecule has 9 heteroatoms. The van der Waals surface area contributed by atoms with Gasteiger partial charge in [-0.15, -0.1) is 0 Å². The fourth-order valence-electron chi connectivity index (χ4n) is 3.26. The topological polar surface area (TPSA) is 58.6 Å². The molecule has 2 amide bonds. The number of hydrogen-bond donors (Lipinski definition) is 1. The van der Waals surface area contributed by atoms with Gasteiger partial charge in [-0.25, -0.2) is 9.18 Å². The zero-order chi connectivity index (χ0) is 21.2. The van der Waals surface area contributed by atoms with E-state index in [1.807, 2.05) is 0 Å². The van der Waals surface area contributed by atoms with Gasteiger partial charge in [0, 0.05) is 13.1 Å². The van der Waals surface area contributed by atoms with Crippen LogP contribution in [-0.4, -0.2) is 37.1 Å². The molecule has 0 spiro atoms. The van der Waals surface area contributed by atoms with Gasteiger partial charge in [-0.05, 0) is 35.7 Å². The molecule has 0 radical (unpaired) electrons. The Morgan fingerprint density at radius 1 is 1.17 bits per heavy atom. The van der Waals surface area contributed by atoms with Gasteiger partial charge >= 0.3 is 18.2 Å². The van der Waals surface area contributed by atoms with E-state index in [0.29, 0.717) is 13.0 Å². The summed E-state index contributed by atoms with van der Waals surface area (Å²) >= 11 is 0. The average molecular weight is 410 g/mol. The molecule has 1 aliphatic rings. The van der Waals surface area contributed by atoms with Gasteiger partial charge in [0.25, 0.3) is 0 Å². The Morgan fingerprint density at radius 2 is 1.90 bits per heavy atom. The van der Waals surface area contributed by atoms with Gasteiger partial charge in [-0.3, -0.25) is 4.79 Å². The average Bonchev–Trinajstić information content (AvgIpc) is 3.18. The molecule has 154 valence electrons. The van der Waals surface area contributed by atoms with E-state index in [1.165, 1.54) is 42.3 Å². The van der Waals surface area contributed by atoms with Crippen LogP contribution in [0.25, 0.3) is 11.1 Å². The van der Waals surface area contributed by atoms with E-state index in [4.69, 9.17) is 0 Å². The fourth-order valence-corrected chi connectivity index (χ4v) is 3.26. The number of halogens is 4. The fraction of sp³-hybridized carbons (Fsp3) is 0.300. The van der Waals surface area contributed by atoms with Crippen molar-refractivity contribution in [2.75, 3.05) is 25.5 Å². The summed E-state index contributed by atoms with van der Waals surface area (Å²) in [4.78, 5) is 25.2. The Labute approximate surface area is 164 Å². The van der Waals surface area contributed by atoms with E-state index in [1.54, 1.807) is 0 Å². The molecule has 1 N–H and O–H groups in total. The maximum Gasteiger partial charge on any atom is 0.417 e. The highest BCUT2D eigenvalue weighted by atomic mass is 19.4. The maximum absolute atomic E-state index is 14.5. The third-order valence-electron chi connectivity index (χ3n) is 4.76. The molecule has 5 nitrogen and oxygen atoms in total. The van der Waals surface area contributed by atoms with Crippen molar-refractivity contribution in [3.8, 4) is 11.1 Å². The first-order valence-electron chi connectivity index (χ1n) is 8.80. The Hall–Kier alpha value is -3.10. The normalized spacial score (nSPS) is 16.6. The molecular formula is C20H18F4N2O3. The number of methoxy groups -OCH3 is 1. The van der Waals surface area contributed by atoms with Crippen molar-refractivity contribution in [2.24, 2.45) is 5.92 Å². The van der Waals surface area contributed by atoms with Crippen LogP contribution in [0.4, 0.5) is 28.0 Å². The smallest absolute Gasteiger partial charge is 0.417 e. The molecule has 1 aliphatic heterocycles. The summed E-state index contributed by atoms with van der Waals surface area (Å²) in [5.74, 6) is -1.72. The van der Waals surface area contributed by atoms with Gasteiger partial charge in [0.15, 0.2) is 0 Å². The van der Waals surface area contributed by atoms with Crippen LogP contribution in [0.2, 0.25) is 0 Å². The molecule has 1 heterocycles. The van der Waals surface area contributed by atoms with Crippen LogP contribution in [-0.2, 0) is 15.7 Å². The van der Waals surface area contributed by atoms with E-state index in [9.17, 15) is 27.2 Å². The molecule has 2 aromatic rings. The lowest BCUT2D eigenvalue weighted by atomic mass is 9.99. The Morgan fingerprint density at radius 3 is 2.55 bits per heavy atom. The van der Waals surface area contributed by atoms with Gasteiger partial charge < -0.3 is 15.0 Å². The molecule has 29 heavy (non-hydrogen) atoms. The van der Waals surface area contributed by atoms with Crippen molar-refractivity contribution < 1.29 is 31.9 Å². The second kappa shape index (κ2) is 8.10. The highest BCUT2D eigenvalue weighted by Crippen LogP contribution is 2.37. The third-order valence-corrected chi connectivity index (χ3v) is 4.76. The van der Waals surface area contributed by atoms with Gasteiger partial charge in [0.05, 0.1) is 24.3 Å². The highest BCUT2D eigenvalue weighted by Gasteiger charge is 2.34. The molecule has 0 aliphatic carbocycles. The number of carbonyl (C=O) groups is 2. The lowest BCUT2D eigenvalue weighted by Gasteiger charge is -2.18. The summed E-state index contributed by atoms with van der Waals surface area (Å²) in [6.45, 7) is 0.460. The molecule has 1 fully saturated rings. The minimum absolute atomic E-state index is 0.0420. The number of ether oxygens (including phenoxy) is 1. The first kappa shape index (κ1) is 20.6. The lowest BCUT2D eigenvalue weighted by Crippen LogP contribution is -2.34. The van der Waals surface area contributed by atoms with Crippen molar-refractivity contribution in [3.63, 3.8) is 0 Å². The van der Waals surface area contributed by atoms with E-state index >= 15 is 0 Å². The summed E-state index contributed by atoms with van der Waals surface area (Å²) < 4.78 is 58.7. The lowest BCUT2D eigenvalue weighted by molar-refractivity contribution is -0.144. The Balaban J connectivity index is 1.76. The van der Waals surface area contributed by atoms with Crippen LogP contribution >= 0.6 is 0 Å². The molecule has 0 bridgehead atoms. The van der Waals surface area contributed by atoms with E-state index in [0.717, 1.165) is 12.1 Å². The summed E-state index contributed by atoms with van der Waals surface area (Å²) in [6, 6.07) is 7.74. The molecule has 1 saturated heterocycles. The van der Waals surface area contributed by atoms with E-state index in [-0.39, 0.29) is 23.4 Å². The first-order valence-corrected chi connectivity index (χ1v) is 8.80. The summed E-state index contributed by atoms with van der Waals surface area (Å²) in [5.41, 5.74) is -1.15. The number of likely N-dealkylation sites (tertiary alicyclic amines) is 1. The zero-order valence-electron chi connectivity index (χ0n) is 15.4. The van der Waals surface area contributed by atoms with E-state index in [2.05, 4.69) is 10.1 Å². The minimum Gasteiger partial charge on any atom is -0.469 e. The summed E-state index contributed by atoms with van der Waals surface area (Å²) in [6.07, 6.45) is -4.14. The quantitative estimate of drug-likeness (QED) is 0.597. The Kier molecular flexibility index (Phi) is 5.76. The number of rotatable bonds is 3. The second-order valence-electron chi connectivity index (χ2n) is 6.62. The Bertz CT molecular complexity index is 930. The predicted octanol–water partition coefficient (Wildman–Crippen LogP) is 4.54. The van der Waals surface area contributed by atoms with Gasteiger partial charge in [-0.1, -0.05) is 24.3 Å². The largest absolute Gasteiger partial charge is 0.469 e. The number of alkyl halides is 3. The summed E-state index contributed by atoms with van der Waals surface area (Å²) in [7, 11) is 1.26. The molecule has 0 aromatic heterocycles. The van der Waals surface area contributed by atoms with Crippen molar-refractivity contribution >= 4 is 17.7 Å². The van der Waals surface area contributed by atoms with Gasteiger partial charge in [0.2, 0.25) is 0 Å². The van der Waals surface area contributed by atoms with Crippen LogP contribution in [0.15, 0.2) is 42.5 Å². The summed E-state index contributed by atoms with van der Waals surface area (Å²) in [5, 5.41) is 2.39. The number of nitrogens with zero attached hydrogens (tertiary/aromatic N) is 1. The van der Waals surface area contributed by atoms with Gasteiger partial charge in [0.1, 0.15) is 5.82 Å². The molecule has 3 rings (SSSR count). The molecular weight excluding hydrogens is 392 g/mol. The van der Waals surface area contributed by atoms with Crippen molar-refractivity contribution in [1.82, 2.24) is 4.90 Å².